The highest BCUT2D eigenvalue weighted by atomic mass is 14.7. The minimum Gasteiger partial charge on any atom is -0.256 e. The summed E-state index contributed by atoms with van der Waals surface area (Å²) < 4.78 is 0. The number of nitrogens with zero attached hydrogens (tertiary/aromatic N) is 2. The smallest absolute Gasteiger partial charge is 0.0715 e. The number of hydrogen-bond acceptors (Lipinski definition) is 2. The average molecular weight is 204 g/mol. The lowest BCUT2D eigenvalue weighted by molar-refractivity contribution is 1.42. The Morgan fingerprint density at radius 1 is 0.938 bits per heavy atom. The fourth-order valence-electron chi connectivity index (χ4n) is 2.40. The van der Waals surface area contributed by atoms with E-state index in [1.165, 1.54) is 21.7 Å². The van der Waals surface area contributed by atoms with E-state index in [2.05, 4.69) is 40.3 Å². The Bertz CT molecular complexity index is 757. The number of aromatic nitrogens is 1. The van der Waals surface area contributed by atoms with Crippen LogP contribution in [0, 0.1) is 0 Å². The third-order valence-electron chi connectivity index (χ3n) is 3.09. The van der Waals surface area contributed by atoms with E-state index in [9.17, 15) is 0 Å². The number of pyridine rings is 1. The predicted molar refractivity (Wildman–Crippen MR) is 66.5 cm³/mol. The van der Waals surface area contributed by atoms with Crippen molar-refractivity contribution in [3.8, 4) is 0 Å². The molecule has 2 heteroatoms. The molecule has 2 aromatic carbocycles. The van der Waals surface area contributed by atoms with Gasteiger partial charge in [-0.15, -0.1) is 0 Å². The third-order valence-corrected chi connectivity index (χ3v) is 3.09. The first-order chi connectivity index (χ1) is 7.93. The number of hydrogen-bond donors (Lipinski definition) is 0. The van der Waals surface area contributed by atoms with Gasteiger partial charge in [-0.05, 0) is 23.6 Å². The summed E-state index contributed by atoms with van der Waals surface area (Å²) in [6.45, 7) is 0. The molecule has 74 valence electrons. The minimum atomic E-state index is 1.04. The van der Waals surface area contributed by atoms with E-state index >= 15 is 0 Å². The Morgan fingerprint density at radius 2 is 1.88 bits per heavy atom. The zero-order valence-corrected chi connectivity index (χ0v) is 8.51. The summed E-state index contributed by atoms with van der Waals surface area (Å²) in [7, 11) is 0. The van der Waals surface area contributed by atoms with E-state index in [1.807, 2.05) is 18.5 Å². The standard InChI is InChI=1S/C14H8N2/c1-3-11-10-4-2-6-15-13(10)7-9-8-16-12(5-1)14(9)11/h1-8H. The molecule has 4 rings (SSSR count). The van der Waals surface area contributed by atoms with Gasteiger partial charge >= 0.3 is 0 Å². The van der Waals surface area contributed by atoms with E-state index in [-0.39, 0.29) is 0 Å². The van der Waals surface area contributed by atoms with Crippen molar-refractivity contribution < 1.29 is 0 Å². The lowest BCUT2D eigenvalue weighted by Gasteiger charge is -2.04. The maximum Gasteiger partial charge on any atom is 0.0715 e. The van der Waals surface area contributed by atoms with Crippen LogP contribution in [-0.4, -0.2) is 11.2 Å². The van der Waals surface area contributed by atoms with Crippen LogP contribution >= 0.6 is 0 Å². The van der Waals surface area contributed by atoms with Crippen molar-refractivity contribution in [3.05, 3.63) is 48.2 Å². The van der Waals surface area contributed by atoms with Crippen LogP contribution in [0.15, 0.2) is 47.6 Å². The van der Waals surface area contributed by atoms with Gasteiger partial charge < -0.3 is 0 Å². The van der Waals surface area contributed by atoms with Crippen molar-refractivity contribution >= 4 is 33.6 Å². The molecule has 2 heterocycles. The van der Waals surface area contributed by atoms with Crippen molar-refractivity contribution in [1.29, 1.82) is 0 Å². The number of fused-ring (bicyclic) bond motifs is 2. The molecule has 0 bridgehead atoms. The van der Waals surface area contributed by atoms with Gasteiger partial charge in [-0.2, -0.15) is 0 Å². The molecule has 0 aliphatic carbocycles. The van der Waals surface area contributed by atoms with E-state index in [0.29, 0.717) is 0 Å². The van der Waals surface area contributed by atoms with Gasteiger partial charge in [0.15, 0.2) is 0 Å². The summed E-state index contributed by atoms with van der Waals surface area (Å²) in [4.78, 5) is 8.82. The molecule has 1 aliphatic rings. The average Bonchev–Trinajstić information content (AvgIpc) is 2.75. The Hall–Kier alpha value is -2.22. The molecule has 2 nitrogen and oxygen atoms in total. The van der Waals surface area contributed by atoms with Crippen LogP contribution < -0.4 is 0 Å². The monoisotopic (exact) mass is 204 g/mol. The second kappa shape index (κ2) is 2.67. The van der Waals surface area contributed by atoms with Gasteiger partial charge in [-0.1, -0.05) is 18.2 Å². The van der Waals surface area contributed by atoms with Crippen LogP contribution in [0.3, 0.4) is 0 Å². The summed E-state index contributed by atoms with van der Waals surface area (Å²) in [5, 5.41) is 3.70. The molecule has 0 fully saturated rings. The lowest BCUT2D eigenvalue weighted by Crippen LogP contribution is -1.84. The van der Waals surface area contributed by atoms with E-state index in [0.717, 1.165) is 11.2 Å². The summed E-state index contributed by atoms with van der Waals surface area (Å²) in [6, 6.07) is 12.4. The molecular weight excluding hydrogens is 196 g/mol. The number of rotatable bonds is 0. The Morgan fingerprint density at radius 3 is 2.88 bits per heavy atom. The molecule has 0 unspecified atom stereocenters. The highest BCUT2D eigenvalue weighted by Crippen LogP contribution is 2.36. The normalized spacial score (nSPS) is 12.8. The zero-order chi connectivity index (χ0) is 10.5. The summed E-state index contributed by atoms with van der Waals surface area (Å²) >= 11 is 0. The fraction of sp³-hybridized carbons (Fsp3) is 0. The summed E-state index contributed by atoms with van der Waals surface area (Å²) in [5.41, 5.74) is 3.28. The Kier molecular flexibility index (Phi) is 1.33. The molecule has 0 saturated heterocycles. The van der Waals surface area contributed by atoms with Gasteiger partial charge in [-0.3, -0.25) is 9.98 Å². The molecule has 0 atom stereocenters. The largest absolute Gasteiger partial charge is 0.256 e. The van der Waals surface area contributed by atoms with E-state index in [4.69, 9.17) is 0 Å². The molecule has 0 amide bonds. The highest BCUT2D eigenvalue weighted by molar-refractivity contribution is 6.19. The van der Waals surface area contributed by atoms with E-state index in [1.54, 1.807) is 0 Å². The van der Waals surface area contributed by atoms with Crippen molar-refractivity contribution in [2.75, 3.05) is 0 Å². The maximum atomic E-state index is 4.41. The van der Waals surface area contributed by atoms with Crippen LogP contribution in [-0.2, 0) is 0 Å². The predicted octanol–water partition coefficient (Wildman–Crippen LogP) is 3.45. The van der Waals surface area contributed by atoms with Crippen molar-refractivity contribution in [2.24, 2.45) is 4.99 Å². The molecule has 16 heavy (non-hydrogen) atoms. The van der Waals surface area contributed by atoms with Gasteiger partial charge in [0.05, 0.1) is 11.2 Å². The van der Waals surface area contributed by atoms with Crippen LogP contribution in [0.25, 0.3) is 21.7 Å². The first-order valence-electron chi connectivity index (χ1n) is 5.28. The number of aliphatic imine (C=N–C) groups is 1. The lowest BCUT2D eigenvalue weighted by atomic mass is 10.0. The molecule has 0 radical (unpaired) electrons. The molecule has 0 spiro atoms. The maximum absolute atomic E-state index is 4.41. The topological polar surface area (TPSA) is 25.2 Å². The molecule has 0 N–H and O–H groups in total. The second-order valence-corrected chi connectivity index (χ2v) is 3.99. The zero-order valence-electron chi connectivity index (χ0n) is 8.51. The molecule has 1 aromatic heterocycles. The van der Waals surface area contributed by atoms with Gasteiger partial charge in [0.1, 0.15) is 0 Å². The Labute approximate surface area is 92.3 Å². The summed E-state index contributed by atoms with van der Waals surface area (Å²) in [6.07, 6.45) is 3.75. The van der Waals surface area contributed by atoms with Crippen LogP contribution in [0.1, 0.15) is 5.56 Å². The van der Waals surface area contributed by atoms with Crippen LogP contribution in [0.4, 0.5) is 5.69 Å². The summed E-state index contributed by atoms with van der Waals surface area (Å²) in [5.74, 6) is 0. The Balaban J connectivity index is 2.39. The van der Waals surface area contributed by atoms with Crippen LogP contribution in [0.2, 0.25) is 0 Å². The molecule has 0 saturated carbocycles. The molecule has 1 aliphatic heterocycles. The first kappa shape index (κ1) is 7.99. The quantitative estimate of drug-likeness (QED) is 0.403. The van der Waals surface area contributed by atoms with Crippen molar-refractivity contribution in [2.45, 2.75) is 0 Å². The van der Waals surface area contributed by atoms with Crippen LogP contribution in [0.5, 0.6) is 0 Å². The first-order valence-corrected chi connectivity index (χ1v) is 5.28. The minimum absolute atomic E-state index is 1.04. The SMILES string of the molecule is C1=Nc2cccc3c2c1cc1ncccc13. The highest BCUT2D eigenvalue weighted by Gasteiger charge is 2.12. The van der Waals surface area contributed by atoms with Gasteiger partial charge in [-0.25, -0.2) is 0 Å². The molecule has 3 aromatic rings. The van der Waals surface area contributed by atoms with Gasteiger partial charge in [0, 0.05) is 28.7 Å². The second-order valence-electron chi connectivity index (χ2n) is 3.99. The molecular formula is C14H8N2. The number of benzene rings is 2. The van der Waals surface area contributed by atoms with Gasteiger partial charge in [0.2, 0.25) is 0 Å². The van der Waals surface area contributed by atoms with Crippen molar-refractivity contribution in [1.82, 2.24) is 4.98 Å². The van der Waals surface area contributed by atoms with E-state index < -0.39 is 0 Å². The third kappa shape index (κ3) is 0.865. The fourth-order valence-corrected chi connectivity index (χ4v) is 2.40. The van der Waals surface area contributed by atoms with Gasteiger partial charge in [0.25, 0.3) is 0 Å². The van der Waals surface area contributed by atoms with Crippen molar-refractivity contribution in [3.63, 3.8) is 0 Å².